The topological polar surface area (TPSA) is 45.7 Å². The van der Waals surface area contributed by atoms with E-state index in [9.17, 15) is 4.79 Å². The summed E-state index contributed by atoms with van der Waals surface area (Å²) < 4.78 is 6.18. The van der Waals surface area contributed by atoms with Crippen molar-refractivity contribution in [1.29, 1.82) is 0 Å². The van der Waals surface area contributed by atoms with Gasteiger partial charge in [0.2, 0.25) is 0 Å². The predicted molar refractivity (Wildman–Crippen MR) is 97.2 cm³/mol. The Kier molecular flexibility index (Phi) is 5.48. The van der Waals surface area contributed by atoms with E-state index in [-0.39, 0.29) is 5.91 Å². The molecule has 0 saturated carbocycles. The normalized spacial score (nSPS) is 14.5. The average Bonchev–Trinajstić information content (AvgIpc) is 2.62. The van der Waals surface area contributed by atoms with E-state index < -0.39 is 0 Å². The minimum Gasteiger partial charge on any atom is -0.378 e. The monoisotopic (exact) mass is 389 g/mol. The van der Waals surface area contributed by atoms with Gasteiger partial charge < -0.3 is 14.5 Å². The highest BCUT2D eigenvalue weighted by molar-refractivity contribution is 9.10. The van der Waals surface area contributed by atoms with Crippen molar-refractivity contribution < 1.29 is 9.53 Å². The van der Waals surface area contributed by atoms with Gasteiger partial charge in [-0.05, 0) is 39.7 Å². The number of hydrogen-bond donors (Lipinski definition) is 0. The number of anilines is 1. The highest BCUT2D eigenvalue weighted by atomic mass is 79.9. The number of carbonyl (C=O) groups is 1. The molecule has 6 heteroatoms. The lowest BCUT2D eigenvalue weighted by atomic mass is 10.1. The molecule has 2 aromatic rings. The van der Waals surface area contributed by atoms with E-state index in [0.717, 1.165) is 36.3 Å². The third kappa shape index (κ3) is 4.13. The molecule has 1 saturated heterocycles. The second-order valence-electron chi connectivity index (χ2n) is 5.82. The van der Waals surface area contributed by atoms with Crippen LogP contribution in [0.25, 0.3) is 0 Å². The summed E-state index contributed by atoms with van der Waals surface area (Å²) in [4.78, 5) is 20.5. The summed E-state index contributed by atoms with van der Waals surface area (Å²) in [7, 11) is 1.80. The van der Waals surface area contributed by atoms with Gasteiger partial charge in [0.25, 0.3) is 5.91 Å². The summed E-state index contributed by atoms with van der Waals surface area (Å²) in [6, 6.07) is 10.2. The van der Waals surface area contributed by atoms with Gasteiger partial charge in [0, 0.05) is 49.2 Å². The number of hydrogen-bond acceptors (Lipinski definition) is 4. The van der Waals surface area contributed by atoms with Crippen LogP contribution in [0.15, 0.2) is 47.2 Å². The second kappa shape index (κ2) is 7.77. The molecule has 2 heterocycles. The standard InChI is InChI=1S/C18H20BrN3O2/c1-21(18(23)15-10-16(19)12-20-11-15)13-14-2-4-17(5-3-14)22-6-8-24-9-7-22/h2-5,10-12H,6-9,13H2,1H3. The van der Waals surface area contributed by atoms with Gasteiger partial charge in [0.15, 0.2) is 0 Å². The Bertz CT molecular complexity index is 700. The number of nitrogens with zero attached hydrogens (tertiary/aromatic N) is 3. The number of rotatable bonds is 4. The van der Waals surface area contributed by atoms with E-state index in [1.54, 1.807) is 30.4 Å². The van der Waals surface area contributed by atoms with Gasteiger partial charge in [-0.15, -0.1) is 0 Å². The predicted octanol–water partition coefficient (Wildman–Crippen LogP) is 2.95. The van der Waals surface area contributed by atoms with E-state index in [2.05, 4.69) is 50.1 Å². The largest absolute Gasteiger partial charge is 0.378 e. The molecule has 3 rings (SSSR count). The van der Waals surface area contributed by atoms with Gasteiger partial charge in [-0.1, -0.05) is 12.1 Å². The molecule has 0 unspecified atom stereocenters. The van der Waals surface area contributed by atoms with Gasteiger partial charge in [-0.25, -0.2) is 0 Å². The minimum absolute atomic E-state index is 0.0407. The van der Waals surface area contributed by atoms with E-state index in [1.165, 1.54) is 5.69 Å². The summed E-state index contributed by atoms with van der Waals surface area (Å²) in [6.45, 7) is 3.97. The highest BCUT2D eigenvalue weighted by Crippen LogP contribution is 2.18. The molecule has 0 aliphatic carbocycles. The maximum absolute atomic E-state index is 12.5. The lowest BCUT2D eigenvalue weighted by Gasteiger charge is -2.29. The first kappa shape index (κ1) is 16.9. The van der Waals surface area contributed by atoms with Crippen LogP contribution in [0.2, 0.25) is 0 Å². The molecule has 1 aliphatic rings. The molecule has 1 aliphatic heterocycles. The Balaban J connectivity index is 1.63. The third-order valence-corrected chi connectivity index (χ3v) is 4.46. The number of benzene rings is 1. The molecule has 1 aromatic carbocycles. The Labute approximate surface area is 150 Å². The summed E-state index contributed by atoms with van der Waals surface area (Å²) in [6.07, 6.45) is 3.26. The van der Waals surface area contributed by atoms with Crippen molar-refractivity contribution in [2.75, 3.05) is 38.3 Å². The fraction of sp³-hybridized carbons (Fsp3) is 0.333. The first-order valence-electron chi connectivity index (χ1n) is 7.91. The SMILES string of the molecule is CN(Cc1ccc(N2CCOCC2)cc1)C(=O)c1cncc(Br)c1. The summed E-state index contributed by atoms with van der Waals surface area (Å²) in [5.74, 6) is -0.0407. The number of ether oxygens (including phenoxy) is 1. The van der Waals surface area contributed by atoms with Gasteiger partial charge in [-0.2, -0.15) is 0 Å². The van der Waals surface area contributed by atoms with Crippen LogP contribution in [0.4, 0.5) is 5.69 Å². The molecule has 0 atom stereocenters. The van der Waals surface area contributed by atoms with Crippen molar-refractivity contribution in [3.05, 3.63) is 58.3 Å². The number of pyridine rings is 1. The summed E-state index contributed by atoms with van der Waals surface area (Å²) in [5.41, 5.74) is 2.88. The van der Waals surface area contributed by atoms with Crippen molar-refractivity contribution in [2.24, 2.45) is 0 Å². The Morgan fingerprint density at radius 2 is 1.96 bits per heavy atom. The zero-order valence-corrected chi connectivity index (χ0v) is 15.2. The van der Waals surface area contributed by atoms with Gasteiger partial charge in [0.1, 0.15) is 0 Å². The van der Waals surface area contributed by atoms with Crippen LogP contribution in [-0.2, 0) is 11.3 Å². The quantitative estimate of drug-likeness (QED) is 0.806. The number of aromatic nitrogens is 1. The molecule has 126 valence electrons. The highest BCUT2D eigenvalue weighted by Gasteiger charge is 2.14. The number of amides is 1. The van der Waals surface area contributed by atoms with Crippen LogP contribution in [-0.4, -0.2) is 49.1 Å². The average molecular weight is 390 g/mol. The number of morpholine rings is 1. The Morgan fingerprint density at radius 1 is 1.25 bits per heavy atom. The molecule has 0 bridgehead atoms. The van der Waals surface area contributed by atoms with Gasteiger partial charge in [-0.3, -0.25) is 9.78 Å². The second-order valence-corrected chi connectivity index (χ2v) is 6.73. The number of halogens is 1. The van der Waals surface area contributed by atoms with Gasteiger partial charge in [0.05, 0.1) is 18.8 Å². The molecule has 24 heavy (non-hydrogen) atoms. The van der Waals surface area contributed by atoms with Crippen molar-refractivity contribution in [1.82, 2.24) is 9.88 Å². The van der Waals surface area contributed by atoms with Crippen molar-refractivity contribution in [3.8, 4) is 0 Å². The fourth-order valence-electron chi connectivity index (χ4n) is 2.73. The third-order valence-electron chi connectivity index (χ3n) is 4.03. The molecular weight excluding hydrogens is 370 g/mol. The smallest absolute Gasteiger partial charge is 0.255 e. The lowest BCUT2D eigenvalue weighted by Crippen LogP contribution is -2.36. The Morgan fingerprint density at radius 3 is 2.62 bits per heavy atom. The van der Waals surface area contributed by atoms with Crippen LogP contribution in [0.1, 0.15) is 15.9 Å². The van der Waals surface area contributed by atoms with Gasteiger partial charge >= 0.3 is 0 Å². The molecule has 0 radical (unpaired) electrons. The van der Waals surface area contributed by atoms with Crippen LogP contribution >= 0.6 is 15.9 Å². The summed E-state index contributed by atoms with van der Waals surface area (Å²) >= 11 is 3.35. The van der Waals surface area contributed by atoms with Crippen LogP contribution < -0.4 is 4.90 Å². The lowest BCUT2D eigenvalue weighted by molar-refractivity contribution is 0.0784. The Hall–Kier alpha value is -1.92. The molecule has 5 nitrogen and oxygen atoms in total. The minimum atomic E-state index is -0.0407. The molecule has 1 aromatic heterocycles. The first-order valence-corrected chi connectivity index (χ1v) is 8.70. The van der Waals surface area contributed by atoms with Crippen LogP contribution in [0, 0.1) is 0 Å². The maximum atomic E-state index is 12.5. The van der Waals surface area contributed by atoms with E-state index in [1.807, 2.05) is 0 Å². The summed E-state index contributed by atoms with van der Waals surface area (Å²) in [5, 5.41) is 0. The van der Waals surface area contributed by atoms with E-state index in [4.69, 9.17) is 4.74 Å². The maximum Gasteiger partial charge on any atom is 0.255 e. The van der Waals surface area contributed by atoms with E-state index >= 15 is 0 Å². The molecule has 1 fully saturated rings. The number of carbonyl (C=O) groups excluding carboxylic acids is 1. The van der Waals surface area contributed by atoms with Crippen LogP contribution in [0.3, 0.4) is 0 Å². The zero-order chi connectivity index (χ0) is 16.9. The molecule has 0 N–H and O–H groups in total. The fourth-order valence-corrected chi connectivity index (χ4v) is 3.09. The molecular formula is C18H20BrN3O2. The van der Waals surface area contributed by atoms with Crippen LogP contribution in [0.5, 0.6) is 0 Å². The molecule has 1 amide bonds. The molecule has 0 spiro atoms. The van der Waals surface area contributed by atoms with Crippen molar-refractivity contribution in [2.45, 2.75) is 6.54 Å². The van der Waals surface area contributed by atoms with E-state index in [0.29, 0.717) is 12.1 Å². The van der Waals surface area contributed by atoms with Crippen molar-refractivity contribution in [3.63, 3.8) is 0 Å². The first-order chi connectivity index (χ1) is 11.6. The van der Waals surface area contributed by atoms with Crippen molar-refractivity contribution >= 4 is 27.5 Å². The zero-order valence-electron chi connectivity index (χ0n) is 13.6.